The van der Waals surface area contributed by atoms with Crippen molar-refractivity contribution in [2.45, 2.75) is 38.4 Å². The SMILES string of the molecule is CCCCSc1nc2ccc(OC)cc2n1Cc1csc2cccc(C)c12. The average Bonchev–Trinajstić information content (AvgIpc) is 3.24. The summed E-state index contributed by atoms with van der Waals surface area (Å²) in [5, 5.41) is 4.78. The van der Waals surface area contributed by atoms with Crippen molar-refractivity contribution in [3.63, 3.8) is 0 Å². The fraction of sp³-hybridized carbons (Fsp3) is 0.318. The predicted molar refractivity (Wildman–Crippen MR) is 118 cm³/mol. The van der Waals surface area contributed by atoms with Gasteiger partial charge < -0.3 is 9.30 Å². The molecule has 3 nitrogen and oxygen atoms in total. The van der Waals surface area contributed by atoms with Gasteiger partial charge in [-0.05, 0) is 48.1 Å². The quantitative estimate of drug-likeness (QED) is 0.263. The van der Waals surface area contributed by atoms with Crippen LogP contribution in [0.4, 0.5) is 0 Å². The van der Waals surface area contributed by atoms with E-state index in [1.54, 1.807) is 7.11 Å². The second-order valence-corrected chi connectivity index (χ2v) is 8.72. The number of hydrogen-bond donors (Lipinski definition) is 0. The molecule has 27 heavy (non-hydrogen) atoms. The summed E-state index contributed by atoms with van der Waals surface area (Å²) in [6.45, 7) is 5.27. The maximum Gasteiger partial charge on any atom is 0.169 e. The van der Waals surface area contributed by atoms with Crippen LogP contribution in [0.5, 0.6) is 5.75 Å². The van der Waals surface area contributed by atoms with Crippen molar-refractivity contribution in [3.8, 4) is 5.75 Å². The predicted octanol–water partition coefficient (Wildman–Crippen LogP) is 6.51. The minimum atomic E-state index is 0.836. The molecule has 0 radical (unpaired) electrons. The topological polar surface area (TPSA) is 27.1 Å². The number of nitrogens with zero attached hydrogens (tertiary/aromatic N) is 2. The van der Waals surface area contributed by atoms with Gasteiger partial charge in [-0.25, -0.2) is 4.98 Å². The Bertz CT molecular complexity index is 1080. The van der Waals surface area contributed by atoms with Gasteiger partial charge in [0.25, 0.3) is 0 Å². The number of thiophene rings is 1. The van der Waals surface area contributed by atoms with Crippen LogP contribution >= 0.6 is 23.1 Å². The van der Waals surface area contributed by atoms with E-state index in [4.69, 9.17) is 9.72 Å². The van der Waals surface area contributed by atoms with Gasteiger partial charge in [-0.15, -0.1) is 11.3 Å². The monoisotopic (exact) mass is 396 g/mol. The molecule has 0 amide bonds. The van der Waals surface area contributed by atoms with Crippen molar-refractivity contribution < 1.29 is 4.74 Å². The van der Waals surface area contributed by atoms with Crippen LogP contribution in [0.1, 0.15) is 30.9 Å². The maximum absolute atomic E-state index is 5.46. The number of fused-ring (bicyclic) bond motifs is 2. The molecule has 0 bridgehead atoms. The van der Waals surface area contributed by atoms with E-state index in [1.165, 1.54) is 34.1 Å². The highest BCUT2D eigenvalue weighted by Gasteiger charge is 2.15. The number of aryl methyl sites for hydroxylation is 1. The molecule has 5 heteroatoms. The number of imidazole rings is 1. The molecule has 0 spiro atoms. The minimum Gasteiger partial charge on any atom is -0.497 e. The summed E-state index contributed by atoms with van der Waals surface area (Å²) >= 11 is 3.68. The molecule has 140 valence electrons. The number of methoxy groups -OCH3 is 1. The van der Waals surface area contributed by atoms with E-state index in [-0.39, 0.29) is 0 Å². The third-order valence-corrected chi connectivity index (χ3v) is 6.92. The molecule has 0 unspecified atom stereocenters. The fourth-order valence-electron chi connectivity index (χ4n) is 3.41. The molecular weight excluding hydrogens is 372 g/mol. The average molecular weight is 397 g/mol. The third-order valence-electron chi connectivity index (χ3n) is 4.86. The molecular formula is C22H24N2OS2. The van der Waals surface area contributed by atoms with Crippen LogP contribution in [-0.2, 0) is 6.54 Å². The summed E-state index contributed by atoms with van der Waals surface area (Å²) in [6, 6.07) is 12.7. The van der Waals surface area contributed by atoms with Gasteiger partial charge in [-0.1, -0.05) is 37.2 Å². The standard InChI is InChI=1S/C22H24N2OS2/c1-4-5-11-26-22-23-18-10-9-17(25-3)12-19(18)24(22)13-16-14-27-20-8-6-7-15(2)21(16)20/h6-10,12,14H,4-5,11,13H2,1-3H3. The number of ether oxygens (including phenoxy) is 1. The van der Waals surface area contributed by atoms with Gasteiger partial charge in [0.15, 0.2) is 5.16 Å². The van der Waals surface area contributed by atoms with Gasteiger partial charge in [-0.2, -0.15) is 0 Å². The normalized spacial score (nSPS) is 11.5. The molecule has 2 heterocycles. The van der Waals surface area contributed by atoms with E-state index < -0.39 is 0 Å². The Hall–Kier alpha value is -1.98. The molecule has 0 aliphatic rings. The number of hydrogen-bond acceptors (Lipinski definition) is 4. The molecule has 0 saturated carbocycles. The summed E-state index contributed by atoms with van der Waals surface area (Å²) in [5.41, 5.74) is 4.88. The van der Waals surface area contributed by atoms with Crippen LogP contribution in [0, 0.1) is 6.92 Å². The van der Waals surface area contributed by atoms with Crippen molar-refractivity contribution in [1.82, 2.24) is 9.55 Å². The van der Waals surface area contributed by atoms with Gasteiger partial charge in [0.05, 0.1) is 24.7 Å². The lowest BCUT2D eigenvalue weighted by atomic mass is 10.1. The molecule has 0 saturated heterocycles. The van der Waals surface area contributed by atoms with E-state index in [2.05, 4.69) is 54.1 Å². The lowest BCUT2D eigenvalue weighted by molar-refractivity contribution is 0.415. The Morgan fingerprint density at radius 3 is 2.93 bits per heavy atom. The van der Waals surface area contributed by atoms with Crippen molar-refractivity contribution in [2.75, 3.05) is 12.9 Å². The van der Waals surface area contributed by atoms with Crippen molar-refractivity contribution >= 4 is 44.2 Å². The fourth-order valence-corrected chi connectivity index (χ4v) is 5.53. The molecule has 4 rings (SSSR count). The zero-order valence-corrected chi connectivity index (χ0v) is 17.6. The van der Waals surface area contributed by atoms with Crippen LogP contribution < -0.4 is 4.74 Å². The Balaban J connectivity index is 1.80. The van der Waals surface area contributed by atoms with Crippen molar-refractivity contribution in [1.29, 1.82) is 0 Å². The summed E-state index contributed by atoms with van der Waals surface area (Å²) in [7, 11) is 1.72. The first kappa shape index (κ1) is 18.4. The Morgan fingerprint density at radius 2 is 2.11 bits per heavy atom. The van der Waals surface area contributed by atoms with Gasteiger partial charge in [-0.3, -0.25) is 0 Å². The molecule has 0 aliphatic carbocycles. The molecule has 2 aromatic heterocycles. The second-order valence-electron chi connectivity index (χ2n) is 6.75. The largest absolute Gasteiger partial charge is 0.497 e. The van der Waals surface area contributed by atoms with Crippen LogP contribution in [0.15, 0.2) is 46.9 Å². The van der Waals surface area contributed by atoms with Gasteiger partial charge in [0.1, 0.15) is 5.75 Å². The summed E-state index contributed by atoms with van der Waals surface area (Å²) < 4.78 is 9.17. The highest BCUT2D eigenvalue weighted by Crippen LogP contribution is 2.33. The first-order valence-electron chi connectivity index (χ1n) is 9.34. The summed E-state index contributed by atoms with van der Waals surface area (Å²) in [4.78, 5) is 4.92. The first-order valence-corrected chi connectivity index (χ1v) is 11.2. The first-order chi connectivity index (χ1) is 13.2. The third kappa shape index (κ3) is 3.58. The zero-order valence-electron chi connectivity index (χ0n) is 16.0. The number of aromatic nitrogens is 2. The van der Waals surface area contributed by atoms with Crippen molar-refractivity contribution in [2.24, 2.45) is 0 Å². The second kappa shape index (κ2) is 7.95. The minimum absolute atomic E-state index is 0.836. The van der Waals surface area contributed by atoms with E-state index in [9.17, 15) is 0 Å². The van der Waals surface area contributed by atoms with Crippen LogP contribution in [0.25, 0.3) is 21.1 Å². The van der Waals surface area contributed by atoms with E-state index in [1.807, 2.05) is 29.2 Å². The zero-order chi connectivity index (χ0) is 18.8. The molecule has 2 aromatic carbocycles. The van der Waals surface area contributed by atoms with Crippen LogP contribution in [0.2, 0.25) is 0 Å². The van der Waals surface area contributed by atoms with Crippen LogP contribution in [-0.4, -0.2) is 22.4 Å². The lowest BCUT2D eigenvalue weighted by Gasteiger charge is -2.10. The number of rotatable bonds is 7. The molecule has 0 aliphatic heterocycles. The van der Waals surface area contributed by atoms with E-state index in [0.717, 1.165) is 34.2 Å². The Morgan fingerprint density at radius 1 is 1.22 bits per heavy atom. The highest BCUT2D eigenvalue weighted by atomic mass is 32.2. The van der Waals surface area contributed by atoms with Crippen LogP contribution in [0.3, 0.4) is 0 Å². The molecule has 0 N–H and O–H groups in total. The molecule has 0 fully saturated rings. The van der Waals surface area contributed by atoms with E-state index >= 15 is 0 Å². The summed E-state index contributed by atoms with van der Waals surface area (Å²) in [5.74, 6) is 1.97. The van der Waals surface area contributed by atoms with Crippen molar-refractivity contribution in [3.05, 3.63) is 52.9 Å². The number of thioether (sulfide) groups is 1. The smallest absolute Gasteiger partial charge is 0.169 e. The van der Waals surface area contributed by atoms with E-state index in [0.29, 0.717) is 0 Å². The van der Waals surface area contributed by atoms with Gasteiger partial charge >= 0.3 is 0 Å². The summed E-state index contributed by atoms with van der Waals surface area (Å²) in [6.07, 6.45) is 2.41. The lowest BCUT2D eigenvalue weighted by Crippen LogP contribution is -2.02. The Kier molecular flexibility index (Phi) is 5.41. The number of benzene rings is 2. The number of unbranched alkanes of at least 4 members (excludes halogenated alkanes) is 1. The Labute approximate surface area is 168 Å². The maximum atomic E-state index is 5.46. The van der Waals surface area contributed by atoms with Gasteiger partial charge in [0.2, 0.25) is 0 Å². The molecule has 0 atom stereocenters. The molecule has 4 aromatic rings. The highest BCUT2D eigenvalue weighted by molar-refractivity contribution is 7.99. The van der Waals surface area contributed by atoms with Gasteiger partial charge in [0, 0.05) is 21.9 Å².